The highest BCUT2D eigenvalue weighted by molar-refractivity contribution is 5.97. The topological polar surface area (TPSA) is 111 Å². The second kappa shape index (κ2) is 11.8. The second-order valence-corrected chi connectivity index (χ2v) is 8.21. The van der Waals surface area contributed by atoms with Crippen molar-refractivity contribution in [2.45, 2.75) is 32.7 Å². The third kappa shape index (κ3) is 6.37. The molecule has 2 amide bonds. The first-order valence-electron chi connectivity index (χ1n) is 11.8. The minimum absolute atomic E-state index is 0.0958. The average molecular weight is 484 g/mol. The van der Waals surface area contributed by atoms with E-state index in [1.54, 1.807) is 24.3 Å². The highest BCUT2D eigenvalue weighted by atomic mass is 16.5. The maximum Gasteiger partial charge on any atom is 0.408 e. The first-order valence-corrected chi connectivity index (χ1v) is 11.8. The van der Waals surface area contributed by atoms with E-state index in [2.05, 4.69) is 15.7 Å². The molecule has 0 aliphatic heterocycles. The van der Waals surface area contributed by atoms with Gasteiger partial charge in [0.05, 0.1) is 5.69 Å². The molecule has 0 spiro atoms. The second-order valence-electron chi connectivity index (χ2n) is 8.21. The molecule has 1 atom stereocenters. The van der Waals surface area contributed by atoms with Crippen LogP contribution in [0.25, 0.3) is 11.3 Å². The quantitative estimate of drug-likeness (QED) is 0.321. The van der Waals surface area contributed by atoms with Gasteiger partial charge in [0, 0.05) is 30.5 Å². The summed E-state index contributed by atoms with van der Waals surface area (Å²) in [6.45, 7) is 3.25. The Morgan fingerprint density at radius 3 is 2.42 bits per heavy atom. The SMILES string of the molecule is CCn1ccc(-c2ccc([C@@H](NC(=O)OCc3ccccc3)C(=O)Nc3cccc(CN)c3)cc2)n1. The van der Waals surface area contributed by atoms with E-state index in [0.717, 1.165) is 28.9 Å². The van der Waals surface area contributed by atoms with Crippen LogP contribution < -0.4 is 16.4 Å². The molecule has 1 aromatic heterocycles. The Morgan fingerprint density at radius 1 is 0.972 bits per heavy atom. The fraction of sp³-hybridized carbons (Fsp3) is 0.179. The third-order valence-electron chi connectivity index (χ3n) is 5.67. The van der Waals surface area contributed by atoms with Gasteiger partial charge in [-0.15, -0.1) is 0 Å². The molecule has 0 unspecified atom stereocenters. The van der Waals surface area contributed by atoms with Crippen molar-refractivity contribution in [1.29, 1.82) is 0 Å². The summed E-state index contributed by atoms with van der Waals surface area (Å²) in [5, 5.41) is 10.1. The van der Waals surface area contributed by atoms with E-state index < -0.39 is 18.0 Å². The summed E-state index contributed by atoms with van der Waals surface area (Å²) < 4.78 is 7.21. The molecule has 184 valence electrons. The third-order valence-corrected chi connectivity index (χ3v) is 5.67. The summed E-state index contributed by atoms with van der Waals surface area (Å²) in [4.78, 5) is 25.9. The average Bonchev–Trinajstić information content (AvgIpc) is 3.41. The molecule has 36 heavy (non-hydrogen) atoms. The van der Waals surface area contributed by atoms with Gasteiger partial charge in [-0.2, -0.15) is 5.10 Å². The highest BCUT2D eigenvalue weighted by Crippen LogP contribution is 2.23. The monoisotopic (exact) mass is 483 g/mol. The molecular weight excluding hydrogens is 454 g/mol. The number of hydrogen-bond donors (Lipinski definition) is 3. The van der Waals surface area contributed by atoms with Crippen LogP contribution in [0.15, 0.2) is 91.1 Å². The Bertz CT molecular complexity index is 1300. The molecule has 0 fully saturated rings. The first-order chi connectivity index (χ1) is 17.6. The van der Waals surface area contributed by atoms with E-state index in [4.69, 9.17) is 10.5 Å². The van der Waals surface area contributed by atoms with Crippen molar-refractivity contribution in [3.63, 3.8) is 0 Å². The maximum absolute atomic E-state index is 13.3. The molecular formula is C28H29N5O3. The molecule has 0 saturated carbocycles. The molecule has 4 aromatic rings. The Balaban J connectivity index is 1.53. The fourth-order valence-corrected chi connectivity index (χ4v) is 3.71. The van der Waals surface area contributed by atoms with Gasteiger partial charge in [0.25, 0.3) is 5.91 Å². The van der Waals surface area contributed by atoms with Gasteiger partial charge in [-0.3, -0.25) is 9.48 Å². The number of nitrogens with two attached hydrogens (primary N) is 1. The largest absolute Gasteiger partial charge is 0.445 e. The standard InChI is InChI=1S/C28H29N5O3/c1-2-33-16-15-25(32-33)22-11-13-23(14-12-22)26(27(34)30-24-10-6-9-21(17-24)18-29)31-28(35)36-19-20-7-4-3-5-8-20/h3-17,26H,2,18-19,29H2,1H3,(H,30,34)(H,31,35)/t26-/m1/s1. The molecule has 0 aliphatic rings. The molecule has 0 aliphatic carbocycles. The lowest BCUT2D eigenvalue weighted by Gasteiger charge is -2.19. The van der Waals surface area contributed by atoms with Gasteiger partial charge in [-0.25, -0.2) is 4.79 Å². The lowest BCUT2D eigenvalue weighted by atomic mass is 10.0. The number of rotatable bonds is 9. The molecule has 0 bridgehead atoms. The zero-order chi connectivity index (χ0) is 25.3. The summed E-state index contributed by atoms with van der Waals surface area (Å²) in [7, 11) is 0. The number of aryl methyl sites for hydroxylation is 1. The number of benzene rings is 3. The number of alkyl carbamates (subject to hydrolysis) is 1. The van der Waals surface area contributed by atoms with Crippen LogP contribution in [-0.4, -0.2) is 21.8 Å². The predicted octanol–water partition coefficient (Wildman–Crippen LogP) is 4.63. The first kappa shape index (κ1) is 24.7. The van der Waals surface area contributed by atoms with Crippen LogP contribution in [0.1, 0.15) is 29.7 Å². The number of ether oxygens (including phenoxy) is 1. The number of amides is 2. The van der Waals surface area contributed by atoms with Crippen LogP contribution in [0.4, 0.5) is 10.5 Å². The number of anilines is 1. The summed E-state index contributed by atoms with van der Waals surface area (Å²) >= 11 is 0. The number of nitrogens with one attached hydrogen (secondary N) is 2. The number of aromatic nitrogens is 2. The normalized spacial score (nSPS) is 11.5. The minimum atomic E-state index is -0.975. The van der Waals surface area contributed by atoms with Gasteiger partial charge in [-0.1, -0.05) is 66.7 Å². The zero-order valence-electron chi connectivity index (χ0n) is 20.1. The Morgan fingerprint density at radius 2 is 1.72 bits per heavy atom. The van der Waals surface area contributed by atoms with Crippen LogP contribution in [-0.2, 0) is 29.2 Å². The van der Waals surface area contributed by atoms with Gasteiger partial charge < -0.3 is 21.1 Å². The zero-order valence-corrected chi connectivity index (χ0v) is 20.1. The van der Waals surface area contributed by atoms with Crippen LogP contribution in [0, 0.1) is 0 Å². The Kier molecular flexibility index (Phi) is 8.10. The lowest BCUT2D eigenvalue weighted by Crippen LogP contribution is -2.37. The molecule has 8 nitrogen and oxygen atoms in total. The van der Waals surface area contributed by atoms with Gasteiger partial charge >= 0.3 is 6.09 Å². The number of hydrogen-bond acceptors (Lipinski definition) is 5. The van der Waals surface area contributed by atoms with E-state index >= 15 is 0 Å². The number of carbonyl (C=O) groups is 2. The number of nitrogens with zero attached hydrogens (tertiary/aromatic N) is 2. The van der Waals surface area contributed by atoms with Crippen molar-refractivity contribution in [3.8, 4) is 11.3 Å². The van der Waals surface area contributed by atoms with Crippen LogP contribution in [0.3, 0.4) is 0 Å². The van der Waals surface area contributed by atoms with Crippen molar-refractivity contribution in [2.24, 2.45) is 5.73 Å². The summed E-state index contributed by atoms with van der Waals surface area (Å²) in [6, 6.07) is 24.9. The summed E-state index contributed by atoms with van der Waals surface area (Å²) in [5.41, 5.74) is 10.4. The minimum Gasteiger partial charge on any atom is -0.445 e. The van der Waals surface area contributed by atoms with Gasteiger partial charge in [-0.05, 0) is 41.8 Å². The van der Waals surface area contributed by atoms with E-state index in [-0.39, 0.29) is 6.61 Å². The van der Waals surface area contributed by atoms with Gasteiger partial charge in [0.1, 0.15) is 12.6 Å². The van der Waals surface area contributed by atoms with Crippen LogP contribution >= 0.6 is 0 Å². The highest BCUT2D eigenvalue weighted by Gasteiger charge is 2.24. The van der Waals surface area contributed by atoms with E-state index in [0.29, 0.717) is 17.8 Å². The Labute approximate surface area is 210 Å². The van der Waals surface area contributed by atoms with E-state index in [1.165, 1.54) is 0 Å². The van der Waals surface area contributed by atoms with Crippen LogP contribution in [0.2, 0.25) is 0 Å². The van der Waals surface area contributed by atoms with E-state index in [1.807, 2.05) is 78.5 Å². The number of carbonyl (C=O) groups excluding carboxylic acids is 2. The molecule has 8 heteroatoms. The summed E-state index contributed by atoms with van der Waals surface area (Å²) in [5.74, 6) is -0.399. The smallest absolute Gasteiger partial charge is 0.408 e. The molecule has 0 saturated heterocycles. The van der Waals surface area contributed by atoms with Crippen molar-refractivity contribution in [2.75, 3.05) is 5.32 Å². The fourth-order valence-electron chi connectivity index (χ4n) is 3.71. The molecule has 1 heterocycles. The van der Waals surface area contributed by atoms with Crippen molar-refractivity contribution < 1.29 is 14.3 Å². The maximum atomic E-state index is 13.3. The molecule has 4 N–H and O–H groups in total. The van der Waals surface area contributed by atoms with Crippen molar-refractivity contribution in [1.82, 2.24) is 15.1 Å². The Hall–Kier alpha value is -4.43. The predicted molar refractivity (Wildman–Crippen MR) is 139 cm³/mol. The molecule has 3 aromatic carbocycles. The lowest BCUT2D eigenvalue weighted by molar-refractivity contribution is -0.118. The van der Waals surface area contributed by atoms with Crippen molar-refractivity contribution in [3.05, 3.63) is 108 Å². The van der Waals surface area contributed by atoms with Gasteiger partial charge in [0.15, 0.2) is 0 Å². The summed E-state index contributed by atoms with van der Waals surface area (Å²) in [6.07, 6.45) is 1.22. The van der Waals surface area contributed by atoms with Crippen LogP contribution in [0.5, 0.6) is 0 Å². The van der Waals surface area contributed by atoms with E-state index in [9.17, 15) is 9.59 Å². The van der Waals surface area contributed by atoms with Gasteiger partial charge in [0.2, 0.25) is 0 Å². The van der Waals surface area contributed by atoms with Crippen molar-refractivity contribution >= 4 is 17.7 Å². The molecule has 4 rings (SSSR count). The molecule has 0 radical (unpaired) electrons.